The Hall–Kier alpha value is -4.07. The van der Waals surface area contributed by atoms with Crippen LogP contribution in [0.4, 0.5) is 17.6 Å². The molecular formula is C21H19F4N7O3. The average molecular weight is 493 g/mol. The first kappa shape index (κ1) is 24.1. The van der Waals surface area contributed by atoms with Crippen molar-refractivity contribution in [2.24, 2.45) is 0 Å². The summed E-state index contributed by atoms with van der Waals surface area (Å²) in [6.45, 7) is 4.42. The van der Waals surface area contributed by atoms with Crippen LogP contribution in [-0.4, -0.2) is 52.3 Å². The van der Waals surface area contributed by atoms with Gasteiger partial charge in [0.05, 0.1) is 17.8 Å². The molecule has 4 aromatic rings. The quantitative estimate of drug-likeness (QED) is 0.397. The van der Waals surface area contributed by atoms with Crippen LogP contribution >= 0.6 is 0 Å². The van der Waals surface area contributed by atoms with E-state index in [2.05, 4.69) is 30.2 Å². The van der Waals surface area contributed by atoms with E-state index in [0.717, 1.165) is 18.2 Å². The van der Waals surface area contributed by atoms with E-state index in [4.69, 9.17) is 0 Å². The number of fused-ring (bicyclic) bond motifs is 1. The lowest BCUT2D eigenvalue weighted by Gasteiger charge is -2.30. The molecule has 0 aliphatic rings. The van der Waals surface area contributed by atoms with E-state index >= 15 is 0 Å². The summed E-state index contributed by atoms with van der Waals surface area (Å²) in [5, 5.41) is 21.5. The summed E-state index contributed by atoms with van der Waals surface area (Å²) in [4.78, 5) is 21.6. The lowest BCUT2D eigenvalue weighted by atomic mass is 9.91. The highest BCUT2D eigenvalue weighted by atomic mass is 19.4. The number of hydrogen-bond donors (Lipinski definition) is 2. The van der Waals surface area contributed by atoms with Gasteiger partial charge in [0.25, 0.3) is 5.91 Å². The molecule has 1 atom stereocenters. The van der Waals surface area contributed by atoms with Crippen molar-refractivity contribution in [1.29, 1.82) is 0 Å². The average Bonchev–Trinajstić information content (AvgIpc) is 3.37. The number of benzene rings is 1. The van der Waals surface area contributed by atoms with Crippen LogP contribution in [0.15, 0.2) is 43.0 Å². The zero-order valence-electron chi connectivity index (χ0n) is 18.6. The predicted octanol–water partition coefficient (Wildman–Crippen LogP) is 2.90. The monoisotopic (exact) mass is 493 g/mol. The highest BCUT2D eigenvalue weighted by molar-refractivity contribution is 6.00. The topological polar surface area (TPSA) is 119 Å². The van der Waals surface area contributed by atoms with Gasteiger partial charge in [-0.15, -0.1) is 13.2 Å². The molecule has 3 aromatic heterocycles. The summed E-state index contributed by atoms with van der Waals surface area (Å²) < 4.78 is 58.1. The number of aliphatic hydroxyl groups is 1. The lowest BCUT2D eigenvalue weighted by molar-refractivity contribution is -0.275. The summed E-state index contributed by atoms with van der Waals surface area (Å²) in [5.74, 6) is -2.17. The molecule has 0 aliphatic carbocycles. The minimum Gasteiger partial charge on any atom is -0.403 e. The van der Waals surface area contributed by atoms with Gasteiger partial charge in [0.15, 0.2) is 23.0 Å². The molecule has 3 heterocycles. The second kappa shape index (κ2) is 8.61. The van der Waals surface area contributed by atoms with Gasteiger partial charge in [-0.1, -0.05) is 6.07 Å². The van der Waals surface area contributed by atoms with E-state index in [9.17, 15) is 27.5 Å². The van der Waals surface area contributed by atoms with Gasteiger partial charge in [-0.05, 0) is 38.5 Å². The van der Waals surface area contributed by atoms with Crippen molar-refractivity contribution >= 4 is 11.6 Å². The highest BCUT2D eigenvalue weighted by Gasteiger charge is 2.34. The standard InChI is InChI=1S/C21H19F4N7O3/c1-11-26-10-32(30-11)16-6-7-31-18(28-16)13(9-27-31)19(33)29-17(20(2,3)34)12-4-5-15(14(22)8-12)35-21(23,24)25/h4-10,17,34H,1-3H3,(H,29,33)/t17-/m0/s1. The Balaban J connectivity index is 1.65. The first-order valence-electron chi connectivity index (χ1n) is 10.1. The van der Waals surface area contributed by atoms with E-state index in [0.29, 0.717) is 11.6 Å². The molecule has 0 unspecified atom stereocenters. The Bertz CT molecular complexity index is 1390. The molecular weight excluding hydrogens is 474 g/mol. The summed E-state index contributed by atoms with van der Waals surface area (Å²) in [6.07, 6.45) is -0.800. The predicted molar refractivity (Wildman–Crippen MR) is 112 cm³/mol. The Labute approximate surface area is 195 Å². The van der Waals surface area contributed by atoms with Crippen LogP contribution in [0.25, 0.3) is 11.5 Å². The third-order valence-corrected chi connectivity index (χ3v) is 4.94. The van der Waals surface area contributed by atoms with Gasteiger partial charge in [0.1, 0.15) is 17.7 Å². The van der Waals surface area contributed by atoms with Crippen molar-refractivity contribution in [2.45, 2.75) is 38.8 Å². The number of nitrogens with one attached hydrogen (secondary N) is 1. The maximum absolute atomic E-state index is 14.3. The lowest BCUT2D eigenvalue weighted by Crippen LogP contribution is -2.42. The first-order valence-corrected chi connectivity index (χ1v) is 10.1. The fourth-order valence-electron chi connectivity index (χ4n) is 3.38. The largest absolute Gasteiger partial charge is 0.573 e. The zero-order chi connectivity index (χ0) is 25.5. The zero-order valence-corrected chi connectivity index (χ0v) is 18.6. The van der Waals surface area contributed by atoms with Crippen molar-refractivity contribution in [2.75, 3.05) is 0 Å². The van der Waals surface area contributed by atoms with Gasteiger partial charge >= 0.3 is 6.36 Å². The molecule has 14 heteroatoms. The molecule has 0 saturated carbocycles. The number of halogens is 4. The number of hydrogen-bond acceptors (Lipinski definition) is 7. The number of ether oxygens (including phenoxy) is 1. The van der Waals surface area contributed by atoms with E-state index in [1.54, 1.807) is 19.2 Å². The minimum atomic E-state index is -5.08. The third kappa shape index (κ3) is 5.21. The Kier molecular flexibility index (Phi) is 5.92. The van der Waals surface area contributed by atoms with Gasteiger partial charge in [0.2, 0.25) is 0 Å². The molecule has 0 spiro atoms. The number of aryl methyl sites for hydroxylation is 1. The molecule has 1 amide bonds. The normalized spacial score (nSPS) is 13.1. The Morgan fingerprint density at radius 3 is 2.57 bits per heavy atom. The molecule has 1 aromatic carbocycles. The maximum Gasteiger partial charge on any atom is 0.573 e. The molecule has 184 valence electrons. The number of carbonyl (C=O) groups excluding carboxylic acids is 1. The van der Waals surface area contributed by atoms with E-state index in [-0.39, 0.29) is 16.8 Å². The smallest absolute Gasteiger partial charge is 0.403 e. The van der Waals surface area contributed by atoms with Crippen LogP contribution in [0.1, 0.15) is 41.6 Å². The molecule has 0 fully saturated rings. The number of amides is 1. The Morgan fingerprint density at radius 1 is 1.23 bits per heavy atom. The fourth-order valence-corrected chi connectivity index (χ4v) is 3.38. The van der Waals surface area contributed by atoms with Crippen molar-refractivity contribution in [3.8, 4) is 11.6 Å². The van der Waals surface area contributed by atoms with E-state index in [1.165, 1.54) is 35.6 Å². The third-order valence-electron chi connectivity index (χ3n) is 4.94. The van der Waals surface area contributed by atoms with Gasteiger partial charge in [-0.25, -0.2) is 23.6 Å². The second-order valence-electron chi connectivity index (χ2n) is 8.15. The number of aromatic nitrogens is 6. The number of carbonyl (C=O) groups is 1. The fraction of sp³-hybridized carbons (Fsp3) is 0.286. The van der Waals surface area contributed by atoms with Gasteiger partial charge in [0, 0.05) is 12.3 Å². The van der Waals surface area contributed by atoms with Gasteiger partial charge < -0.3 is 15.2 Å². The molecule has 0 aliphatic heterocycles. The molecule has 2 N–H and O–H groups in total. The van der Waals surface area contributed by atoms with Gasteiger partial charge in [-0.3, -0.25) is 4.79 Å². The van der Waals surface area contributed by atoms with Crippen molar-refractivity contribution in [3.05, 3.63) is 65.8 Å². The molecule has 35 heavy (non-hydrogen) atoms. The summed E-state index contributed by atoms with van der Waals surface area (Å²) in [7, 11) is 0. The summed E-state index contributed by atoms with van der Waals surface area (Å²) in [5.41, 5.74) is -1.41. The van der Waals surface area contributed by atoms with E-state index in [1.807, 2.05) is 0 Å². The maximum atomic E-state index is 14.3. The summed E-state index contributed by atoms with van der Waals surface area (Å²) in [6, 6.07) is 3.05. The van der Waals surface area contributed by atoms with Gasteiger partial charge in [-0.2, -0.15) is 10.2 Å². The number of nitrogens with zero attached hydrogens (tertiary/aromatic N) is 6. The molecule has 0 radical (unpaired) electrons. The number of alkyl halides is 3. The van der Waals surface area contributed by atoms with Crippen molar-refractivity contribution < 1.29 is 32.2 Å². The molecule has 0 saturated heterocycles. The van der Waals surface area contributed by atoms with Crippen LogP contribution < -0.4 is 10.1 Å². The van der Waals surface area contributed by atoms with Crippen LogP contribution in [0.5, 0.6) is 5.75 Å². The SMILES string of the molecule is Cc1ncn(-c2ccn3ncc(C(=O)N[C@@H](c4ccc(OC(F)(F)F)c(F)c4)C(C)(C)O)c3n2)n1. The molecule has 0 bridgehead atoms. The van der Waals surface area contributed by atoms with Crippen molar-refractivity contribution in [1.82, 2.24) is 34.7 Å². The number of rotatable bonds is 6. The Morgan fingerprint density at radius 2 is 1.97 bits per heavy atom. The highest BCUT2D eigenvalue weighted by Crippen LogP contribution is 2.31. The van der Waals surface area contributed by atoms with E-state index < -0.39 is 35.5 Å². The molecule has 4 rings (SSSR count). The van der Waals surface area contributed by atoms with Crippen molar-refractivity contribution in [3.63, 3.8) is 0 Å². The summed E-state index contributed by atoms with van der Waals surface area (Å²) >= 11 is 0. The second-order valence-corrected chi connectivity index (χ2v) is 8.15. The molecule has 10 nitrogen and oxygen atoms in total. The van der Waals surface area contributed by atoms with Crippen LogP contribution in [-0.2, 0) is 0 Å². The van der Waals surface area contributed by atoms with Crippen LogP contribution in [0, 0.1) is 12.7 Å². The minimum absolute atomic E-state index is 0.0149. The first-order chi connectivity index (χ1) is 16.3. The van der Waals surface area contributed by atoms with Crippen LogP contribution in [0.2, 0.25) is 0 Å². The van der Waals surface area contributed by atoms with Crippen LogP contribution in [0.3, 0.4) is 0 Å².